The number of alkyl halides is 3. The molecule has 1 amide bonds. The van der Waals surface area contributed by atoms with Crippen LogP contribution in [0.15, 0.2) is 18.5 Å². The number of fused-ring (bicyclic) bond motifs is 1. The molecular weight excluding hydrogens is 421 g/mol. The molecule has 164 valence electrons. The highest BCUT2D eigenvalue weighted by Gasteiger charge is 2.38. The summed E-state index contributed by atoms with van der Waals surface area (Å²) < 4.78 is 33.8. The van der Waals surface area contributed by atoms with Crippen LogP contribution < -0.4 is 0 Å². The van der Waals surface area contributed by atoms with Gasteiger partial charge in [0.05, 0.1) is 23.6 Å². The summed E-state index contributed by atoms with van der Waals surface area (Å²) in [7, 11) is 2.00. The van der Waals surface area contributed by atoms with Gasteiger partial charge in [0.2, 0.25) is 5.91 Å². The van der Waals surface area contributed by atoms with Crippen LogP contribution in [0.25, 0.3) is 0 Å². The van der Waals surface area contributed by atoms with Gasteiger partial charge < -0.3 is 14.6 Å². The van der Waals surface area contributed by atoms with Gasteiger partial charge in [-0.1, -0.05) is 0 Å². The molecule has 0 bridgehead atoms. The first-order chi connectivity index (χ1) is 14.1. The zero-order valence-corrected chi connectivity index (χ0v) is 17.5. The van der Waals surface area contributed by atoms with Crippen LogP contribution in [0, 0.1) is 6.92 Å². The van der Waals surface area contributed by atoms with Crippen molar-refractivity contribution in [2.75, 3.05) is 19.6 Å². The van der Waals surface area contributed by atoms with Gasteiger partial charge in [0, 0.05) is 49.5 Å². The second-order valence-corrected chi connectivity index (χ2v) is 8.78. The van der Waals surface area contributed by atoms with E-state index in [1.807, 2.05) is 34.2 Å². The van der Waals surface area contributed by atoms with E-state index in [4.69, 9.17) is 9.90 Å². The van der Waals surface area contributed by atoms with E-state index in [1.165, 1.54) is 9.75 Å². The molecular formula is C19H23F3N4O3S. The predicted molar refractivity (Wildman–Crippen MR) is 104 cm³/mol. The number of aromatic nitrogens is 2. The van der Waals surface area contributed by atoms with Gasteiger partial charge in [-0.2, -0.15) is 13.2 Å². The number of rotatable bonds is 3. The van der Waals surface area contributed by atoms with Crippen LogP contribution in [0.2, 0.25) is 0 Å². The van der Waals surface area contributed by atoms with Crippen LogP contribution in [0.5, 0.6) is 0 Å². The summed E-state index contributed by atoms with van der Waals surface area (Å²) in [6, 6.07) is 4.36. The summed E-state index contributed by atoms with van der Waals surface area (Å²) in [5, 5.41) is 7.12. The van der Waals surface area contributed by atoms with Crippen LogP contribution in [-0.4, -0.2) is 62.1 Å². The van der Waals surface area contributed by atoms with E-state index in [0.717, 1.165) is 50.5 Å². The van der Waals surface area contributed by atoms with Crippen molar-refractivity contribution in [3.05, 3.63) is 39.6 Å². The van der Waals surface area contributed by atoms with Crippen LogP contribution in [-0.2, 0) is 29.7 Å². The zero-order chi connectivity index (χ0) is 22.1. The Morgan fingerprint density at radius 3 is 2.47 bits per heavy atom. The summed E-state index contributed by atoms with van der Waals surface area (Å²) in [6.45, 7) is 6.48. The maximum absolute atomic E-state index is 12.9. The van der Waals surface area contributed by atoms with Gasteiger partial charge in [-0.15, -0.1) is 11.3 Å². The van der Waals surface area contributed by atoms with Gasteiger partial charge in [0.25, 0.3) is 0 Å². The Bertz CT molecular complexity index is 921. The van der Waals surface area contributed by atoms with Crippen molar-refractivity contribution >= 4 is 23.2 Å². The van der Waals surface area contributed by atoms with E-state index in [-0.39, 0.29) is 11.8 Å². The van der Waals surface area contributed by atoms with Crippen molar-refractivity contribution in [2.24, 2.45) is 7.05 Å². The number of imidazole rings is 1. The highest BCUT2D eigenvalue weighted by atomic mass is 32.1. The average Bonchev–Trinajstić information content (AvgIpc) is 3.18. The van der Waals surface area contributed by atoms with E-state index in [0.29, 0.717) is 0 Å². The minimum absolute atomic E-state index is 0.0763. The lowest BCUT2D eigenvalue weighted by Gasteiger charge is -2.38. The second kappa shape index (κ2) is 8.76. The van der Waals surface area contributed by atoms with Crippen molar-refractivity contribution in [3.8, 4) is 0 Å². The molecule has 0 spiro atoms. The van der Waals surface area contributed by atoms with Gasteiger partial charge in [-0.3, -0.25) is 9.69 Å². The fourth-order valence-electron chi connectivity index (χ4n) is 3.54. The molecule has 7 nitrogen and oxygen atoms in total. The third-order valence-corrected chi connectivity index (χ3v) is 6.08. The Balaban J connectivity index is 0.000000318. The lowest BCUT2D eigenvalue weighted by atomic mass is 9.95. The number of hydrogen-bond acceptors (Lipinski definition) is 5. The van der Waals surface area contributed by atoms with Crippen LogP contribution in [0.4, 0.5) is 13.2 Å². The number of amides is 1. The van der Waals surface area contributed by atoms with Gasteiger partial charge in [-0.25, -0.2) is 9.78 Å². The number of hydrogen-bond donors (Lipinski definition) is 1. The smallest absolute Gasteiger partial charge is 0.475 e. The van der Waals surface area contributed by atoms with Crippen molar-refractivity contribution < 1.29 is 27.9 Å². The maximum atomic E-state index is 12.9. The van der Waals surface area contributed by atoms with Crippen molar-refractivity contribution in [3.63, 3.8) is 0 Å². The molecule has 4 heterocycles. The number of carbonyl (C=O) groups is 2. The summed E-state index contributed by atoms with van der Waals surface area (Å²) in [5.74, 6) is -2.56. The topological polar surface area (TPSA) is 78.7 Å². The van der Waals surface area contributed by atoms with Crippen LogP contribution >= 0.6 is 11.3 Å². The number of aliphatic carboxylic acids is 1. The fraction of sp³-hybridized carbons (Fsp3) is 0.526. The monoisotopic (exact) mass is 444 g/mol. The van der Waals surface area contributed by atoms with E-state index in [2.05, 4.69) is 28.9 Å². The quantitative estimate of drug-likeness (QED) is 0.788. The SMILES string of the molecule is Cc1ccc(CN2Cc3ncn(C)c3C(C(=O)N3CCC3)C2)s1.O=C(O)C(F)(F)F. The van der Waals surface area contributed by atoms with Gasteiger partial charge in [-0.05, 0) is 25.5 Å². The molecule has 4 rings (SSSR count). The Morgan fingerprint density at radius 1 is 1.30 bits per heavy atom. The van der Waals surface area contributed by atoms with Crippen molar-refractivity contribution in [1.82, 2.24) is 19.4 Å². The molecule has 0 aliphatic carbocycles. The molecule has 30 heavy (non-hydrogen) atoms. The third kappa shape index (κ3) is 5.01. The lowest BCUT2D eigenvalue weighted by Crippen LogP contribution is -2.48. The Hall–Kier alpha value is -2.40. The fourth-order valence-corrected chi connectivity index (χ4v) is 4.47. The Kier molecular flexibility index (Phi) is 6.51. The summed E-state index contributed by atoms with van der Waals surface area (Å²) in [5.41, 5.74) is 2.17. The van der Waals surface area contributed by atoms with Crippen molar-refractivity contribution in [1.29, 1.82) is 0 Å². The summed E-state index contributed by atoms with van der Waals surface area (Å²) >= 11 is 1.84. The molecule has 2 aliphatic heterocycles. The minimum atomic E-state index is -5.08. The first-order valence-corrected chi connectivity index (χ1v) is 10.2. The highest BCUT2D eigenvalue weighted by Crippen LogP contribution is 2.31. The molecule has 1 fully saturated rings. The normalized spacial score (nSPS) is 18.8. The third-order valence-electron chi connectivity index (χ3n) is 5.09. The number of aryl methyl sites for hydroxylation is 2. The lowest BCUT2D eigenvalue weighted by molar-refractivity contribution is -0.192. The molecule has 1 unspecified atom stereocenters. The number of thiophene rings is 1. The summed E-state index contributed by atoms with van der Waals surface area (Å²) in [4.78, 5) is 33.3. The first-order valence-electron chi connectivity index (χ1n) is 9.43. The molecule has 0 saturated carbocycles. The number of carbonyl (C=O) groups excluding carboxylic acids is 1. The van der Waals surface area contributed by atoms with Crippen LogP contribution in [0.1, 0.15) is 33.5 Å². The molecule has 2 aromatic rings. The Morgan fingerprint density at radius 2 is 1.97 bits per heavy atom. The van der Waals surface area contributed by atoms with E-state index < -0.39 is 12.1 Å². The number of carboxylic acid groups (broad SMARTS) is 1. The predicted octanol–water partition coefficient (Wildman–Crippen LogP) is 2.76. The van der Waals surface area contributed by atoms with Gasteiger partial charge in [0.1, 0.15) is 0 Å². The Labute approximate surface area is 175 Å². The number of likely N-dealkylation sites (tertiary alicyclic amines) is 1. The maximum Gasteiger partial charge on any atom is 0.490 e. The van der Waals surface area contributed by atoms with Crippen molar-refractivity contribution in [2.45, 2.75) is 38.5 Å². The molecule has 0 aromatic carbocycles. The zero-order valence-electron chi connectivity index (χ0n) is 16.6. The average molecular weight is 444 g/mol. The molecule has 0 radical (unpaired) electrons. The van der Waals surface area contributed by atoms with Gasteiger partial charge >= 0.3 is 12.1 Å². The standard InChI is InChI=1S/C17H22N4OS.C2HF3O2/c1-12-4-5-13(23-12)8-20-9-14(17(22)21-6-3-7-21)16-15(10-20)18-11-19(16)2;3-2(4,5)1(6)7/h4-5,11,14H,3,6-10H2,1-2H3;(H,6,7). The molecule has 1 atom stereocenters. The van der Waals surface area contributed by atoms with E-state index in [9.17, 15) is 18.0 Å². The van der Waals surface area contributed by atoms with Gasteiger partial charge in [0.15, 0.2) is 0 Å². The molecule has 1 N–H and O–H groups in total. The van der Waals surface area contributed by atoms with E-state index in [1.54, 1.807) is 0 Å². The largest absolute Gasteiger partial charge is 0.490 e. The number of nitrogens with zero attached hydrogens (tertiary/aromatic N) is 4. The summed E-state index contributed by atoms with van der Waals surface area (Å²) in [6.07, 6.45) is -2.10. The minimum Gasteiger partial charge on any atom is -0.475 e. The highest BCUT2D eigenvalue weighted by molar-refractivity contribution is 7.11. The number of halogens is 3. The second-order valence-electron chi connectivity index (χ2n) is 7.40. The van der Waals surface area contributed by atoms with Crippen LogP contribution in [0.3, 0.4) is 0 Å². The molecule has 2 aliphatic rings. The van der Waals surface area contributed by atoms with E-state index >= 15 is 0 Å². The molecule has 2 aromatic heterocycles. The molecule has 1 saturated heterocycles. The first kappa shape index (κ1) is 22.3. The molecule has 11 heteroatoms. The number of carboxylic acids is 1.